The van der Waals surface area contributed by atoms with E-state index < -0.39 is 82.8 Å². The summed E-state index contributed by atoms with van der Waals surface area (Å²) >= 11 is 0. The van der Waals surface area contributed by atoms with E-state index in [9.17, 15) is 28.8 Å². The van der Waals surface area contributed by atoms with Crippen molar-refractivity contribution in [3.63, 3.8) is 0 Å². The molecule has 0 saturated heterocycles. The molecule has 0 aliphatic carbocycles. The fourth-order valence-corrected chi connectivity index (χ4v) is 3.89. The molecule has 0 fully saturated rings. The lowest BCUT2D eigenvalue weighted by molar-refractivity contribution is -0.139. The van der Waals surface area contributed by atoms with Gasteiger partial charge >= 0.3 is 30.3 Å². The number of halogens is 1. The second kappa shape index (κ2) is 35.8. The number of terminal acetylenes is 5. The Balaban J connectivity index is -0.000000403. The zero-order valence-electron chi connectivity index (χ0n) is 42.5. The smallest absolute Gasteiger partial charge is 0.408 e. The number of rotatable bonds is 13. The number of aromatic amines is 2. The van der Waals surface area contributed by atoms with Gasteiger partial charge in [-0.3, -0.25) is 4.79 Å². The number of carboxylic acids is 1. The Labute approximate surface area is 426 Å². The third-order valence-electron chi connectivity index (χ3n) is 6.55. The third-order valence-corrected chi connectivity index (χ3v) is 6.55. The number of ether oxygens (including phenoxy) is 4. The van der Waals surface area contributed by atoms with Gasteiger partial charge in [0.15, 0.2) is 11.6 Å². The maximum atomic E-state index is 11.6. The van der Waals surface area contributed by atoms with Gasteiger partial charge in [-0.2, -0.15) is 15.7 Å². The number of carboxylic acid groups (broad SMARTS) is 1. The van der Waals surface area contributed by atoms with Gasteiger partial charge in [-0.15, -0.1) is 94.5 Å². The molecule has 0 aliphatic heterocycles. The molecule has 27 heteroatoms. The maximum absolute atomic E-state index is 11.6. The molecule has 0 aromatic carbocycles. The highest BCUT2D eigenvalue weighted by atomic mass is 35.5. The number of hydrogen-bond acceptors (Lipinski definition) is 18. The monoisotopic (exact) mass is 1030 g/mol. The van der Waals surface area contributed by atoms with Crippen molar-refractivity contribution in [1.82, 2.24) is 62.5 Å². The molecule has 0 aliphatic rings. The number of carbonyl (C=O) groups excluding carboxylic acids is 5. The number of aromatic nitrogens is 8. The Kier molecular flexibility index (Phi) is 34.9. The van der Waals surface area contributed by atoms with Gasteiger partial charge in [0.1, 0.15) is 46.6 Å². The Hall–Kier alpha value is -8.30. The Bertz CT molecular complexity index is 2150. The largest absolute Gasteiger partial charge is 0.480 e. The van der Waals surface area contributed by atoms with Gasteiger partial charge in [-0.1, -0.05) is 10.4 Å². The van der Waals surface area contributed by atoms with Crippen LogP contribution in [0.15, 0.2) is 0 Å². The van der Waals surface area contributed by atoms with Crippen molar-refractivity contribution in [2.24, 2.45) is 11.5 Å². The van der Waals surface area contributed by atoms with E-state index in [1.165, 1.54) is 0 Å². The van der Waals surface area contributed by atoms with Crippen molar-refractivity contribution in [2.45, 2.75) is 168 Å². The normalized spacial score (nSPS) is 12.2. The van der Waals surface area contributed by atoms with Crippen LogP contribution in [0.3, 0.4) is 0 Å². The molecule has 0 saturated carbocycles. The van der Waals surface area contributed by atoms with Crippen molar-refractivity contribution >= 4 is 48.7 Å². The number of nitrogens with two attached hydrogens (primary N) is 2. The van der Waals surface area contributed by atoms with E-state index in [0.717, 1.165) is 0 Å². The highest BCUT2D eigenvalue weighted by Crippen LogP contribution is 2.13. The minimum absolute atomic E-state index is 0. The van der Waals surface area contributed by atoms with Crippen molar-refractivity contribution in [1.29, 1.82) is 5.26 Å². The van der Waals surface area contributed by atoms with E-state index in [1.807, 2.05) is 6.07 Å². The zero-order valence-corrected chi connectivity index (χ0v) is 43.3. The topological polar surface area (TPSA) is 392 Å². The van der Waals surface area contributed by atoms with Crippen molar-refractivity contribution in [3.05, 3.63) is 11.6 Å². The van der Waals surface area contributed by atoms with Crippen LogP contribution >= 0.6 is 12.4 Å². The van der Waals surface area contributed by atoms with Crippen molar-refractivity contribution in [2.75, 3.05) is 0 Å². The van der Waals surface area contributed by atoms with Crippen LogP contribution in [0.4, 0.5) is 19.2 Å². The summed E-state index contributed by atoms with van der Waals surface area (Å²) in [7, 11) is 0. The Morgan fingerprint density at radius 3 is 1.25 bits per heavy atom. The van der Waals surface area contributed by atoms with Gasteiger partial charge in [-0.05, 0) is 83.1 Å². The van der Waals surface area contributed by atoms with Gasteiger partial charge in [0.2, 0.25) is 5.91 Å². The minimum Gasteiger partial charge on any atom is -0.480 e. The molecule has 5 amide bonds. The van der Waals surface area contributed by atoms with E-state index in [0.29, 0.717) is 18.1 Å². The highest BCUT2D eigenvalue weighted by Gasteiger charge is 2.25. The van der Waals surface area contributed by atoms with Crippen LogP contribution in [0.25, 0.3) is 0 Å². The number of aliphatic carboxylic acids is 1. The lowest BCUT2D eigenvalue weighted by Crippen LogP contribution is -2.46. The van der Waals surface area contributed by atoms with E-state index in [4.69, 9.17) is 72.9 Å². The fourth-order valence-electron chi connectivity index (χ4n) is 3.89. The lowest BCUT2D eigenvalue weighted by atomic mass is 10.2. The number of nitrogens with one attached hydrogen (secondary N) is 6. The van der Waals surface area contributed by atoms with Crippen molar-refractivity contribution < 1.29 is 52.8 Å². The Morgan fingerprint density at radius 2 is 0.931 bits per heavy atom. The average Bonchev–Trinajstić information content (AvgIpc) is 3.95. The summed E-state index contributed by atoms with van der Waals surface area (Å²) in [5.41, 5.74) is 8.13. The fraction of sp³-hybridized carbons (Fsp3) is 0.578. The van der Waals surface area contributed by atoms with Gasteiger partial charge in [0.25, 0.3) is 0 Å². The number of alkyl carbamates (subject to hydrolysis) is 4. The van der Waals surface area contributed by atoms with Crippen LogP contribution in [0.1, 0.15) is 139 Å². The molecule has 0 unspecified atom stereocenters. The Morgan fingerprint density at radius 1 is 0.583 bits per heavy atom. The van der Waals surface area contributed by atoms with Crippen LogP contribution in [0.5, 0.6) is 0 Å². The molecule has 26 nitrogen and oxygen atoms in total. The quantitative estimate of drug-likeness (QED) is 0.103. The molecular weight excluding hydrogens is 962 g/mol. The van der Waals surface area contributed by atoms with Crippen LogP contribution in [-0.2, 0) is 28.5 Å². The minimum atomic E-state index is -1.18. The SMILES string of the molecule is C#CC[C@@H](C#N)NC(=O)OC(C)(C)C.C#CC[C@H](N)c1nn[nH]n1.C#CC[C@H](NC(=O)OC(C)(C)C)C(=O)O.C#CC[C@H](NC(=O)OC(C)(C)C)C(N)=O.C#CC[C@H](NC(=O)OC(C)(C)C)c1nn[nH]n1.Cl. The van der Waals surface area contributed by atoms with Gasteiger partial charge in [0, 0.05) is 32.1 Å². The number of tetrazole rings is 2. The van der Waals surface area contributed by atoms with Gasteiger partial charge < -0.3 is 56.8 Å². The zero-order chi connectivity index (χ0) is 55.6. The summed E-state index contributed by atoms with van der Waals surface area (Å²) in [6.45, 7) is 20.8. The summed E-state index contributed by atoms with van der Waals surface area (Å²) < 4.78 is 19.9. The third kappa shape index (κ3) is 40.7. The molecule has 2 aromatic heterocycles. The van der Waals surface area contributed by atoms with Gasteiger partial charge in [0.05, 0.1) is 12.1 Å². The summed E-state index contributed by atoms with van der Waals surface area (Å²) in [5, 5.41) is 52.9. The predicted molar refractivity (Wildman–Crippen MR) is 264 cm³/mol. The molecule has 11 N–H and O–H groups in total. The molecule has 72 heavy (non-hydrogen) atoms. The highest BCUT2D eigenvalue weighted by molar-refractivity contribution is 5.85. The number of nitriles is 1. The standard InChI is InChI=1S/C10H15N5O2.C10H16N2O3.C10H14N2O2.C10H15NO4.C5H7N5.ClH/c1-5-6-7(8-12-14-15-13-8)11-9(16)17-10(2,3)4;1-5-6-7(8(11)13)12-9(14)15-10(2,3)4;1-5-6-8(7-11)12-9(13)14-10(2,3)4;1-5-6-7(8(12)13)11-9(14)15-10(2,3)4;1-2-3-4(6)5-7-9-10-8-5;/h1,7H,6H2,2-4H3,(H,11,16)(H,12,13,14,15);1,7H,6H2,2-4H3,(H2,11,13)(H,12,14);1,8H,6H2,2-4H3,(H,12,13);1,7H,6H2,2-4H3,(H,11,14)(H,12,13);1,4H,3,6H2,(H,7,8,9,10);1H/t2*7-;8-;7-;4-;/m00000./s1. The summed E-state index contributed by atoms with van der Waals surface area (Å²) in [6, 6.07) is -1.62. The van der Waals surface area contributed by atoms with Crippen LogP contribution < -0.4 is 32.7 Å². The van der Waals surface area contributed by atoms with Crippen molar-refractivity contribution in [3.8, 4) is 67.8 Å². The number of amides is 5. The van der Waals surface area contributed by atoms with Gasteiger partial charge in [-0.25, -0.2) is 24.0 Å². The number of hydrogen-bond donors (Lipinski definition) is 9. The molecule has 0 radical (unpaired) electrons. The van der Waals surface area contributed by atoms with E-state index in [-0.39, 0.29) is 44.1 Å². The van der Waals surface area contributed by atoms with Crippen LogP contribution in [0, 0.1) is 73.1 Å². The van der Waals surface area contributed by atoms with Crippen LogP contribution in [-0.4, -0.2) is 123 Å². The second-order valence-electron chi connectivity index (χ2n) is 17.9. The molecular formula is C45H68ClN15O11. The molecule has 0 spiro atoms. The first-order valence-corrected chi connectivity index (χ1v) is 21.0. The lowest BCUT2D eigenvalue weighted by Gasteiger charge is -2.21. The molecule has 5 atom stereocenters. The predicted octanol–water partition coefficient (Wildman–Crippen LogP) is 3.24. The first kappa shape index (κ1) is 70.3. The molecule has 396 valence electrons. The average molecular weight is 1030 g/mol. The second-order valence-corrected chi connectivity index (χ2v) is 17.9. The first-order chi connectivity index (χ1) is 32.7. The molecule has 2 aromatic rings. The molecule has 0 bridgehead atoms. The van der Waals surface area contributed by atoms with E-state index in [1.54, 1.807) is 83.1 Å². The number of primary amides is 1. The molecule has 2 rings (SSSR count). The molecule has 2 heterocycles. The van der Waals surface area contributed by atoms with E-state index in [2.05, 4.69) is 92.1 Å². The van der Waals surface area contributed by atoms with Crippen LogP contribution in [0.2, 0.25) is 0 Å². The summed E-state index contributed by atoms with van der Waals surface area (Å²) in [6.07, 6.45) is 23.4. The number of carbonyl (C=O) groups is 6. The number of nitrogens with zero attached hydrogens (tertiary/aromatic N) is 7. The first-order valence-electron chi connectivity index (χ1n) is 21.0. The summed E-state index contributed by atoms with van der Waals surface area (Å²) in [4.78, 5) is 66.6. The number of H-pyrrole nitrogens is 2. The van der Waals surface area contributed by atoms with E-state index >= 15 is 0 Å². The summed E-state index contributed by atoms with van der Waals surface area (Å²) in [5.74, 6) is 10.5. The maximum Gasteiger partial charge on any atom is 0.408 e.